The lowest BCUT2D eigenvalue weighted by Gasteiger charge is -2.14. The Morgan fingerprint density at radius 3 is 2.42 bits per heavy atom. The van der Waals surface area contributed by atoms with Gasteiger partial charge in [-0.1, -0.05) is 48.5 Å². The van der Waals surface area contributed by atoms with Gasteiger partial charge >= 0.3 is 0 Å². The van der Waals surface area contributed by atoms with Gasteiger partial charge in [0.05, 0.1) is 28.8 Å². The molecule has 3 heterocycles. The Hall–Kier alpha value is -5.28. The van der Waals surface area contributed by atoms with Crippen LogP contribution in [0.5, 0.6) is 5.75 Å². The summed E-state index contributed by atoms with van der Waals surface area (Å²) >= 11 is 0. The number of aromatic amines is 1. The standard InChI is InChI=1S/C34H30FN5O3/c35-27-10-4-8-24(18-27)15-17-37-21-31-33-30(19-32(41)39(31)22-26-9-5-16-36-20-26)38-40(34(33)42)28-11-13-29(14-12-28)43-23-25-6-2-1-3-7-25/h1-14,16,18-20,37-38H,15,17,21-23H2. The van der Waals surface area contributed by atoms with Gasteiger partial charge in [0.1, 0.15) is 18.2 Å². The molecule has 0 atom stereocenters. The number of nitrogens with one attached hydrogen (secondary N) is 2. The molecule has 8 nitrogen and oxygen atoms in total. The maximum Gasteiger partial charge on any atom is 0.280 e. The number of fused-ring (bicyclic) bond motifs is 1. The Balaban J connectivity index is 1.30. The second kappa shape index (κ2) is 12.7. The molecule has 0 aliphatic carbocycles. The monoisotopic (exact) mass is 575 g/mol. The number of H-pyrrole nitrogens is 1. The molecule has 3 aromatic carbocycles. The van der Waals surface area contributed by atoms with Gasteiger partial charge in [0.15, 0.2) is 0 Å². The van der Waals surface area contributed by atoms with Crippen LogP contribution in [0, 0.1) is 5.82 Å². The molecule has 0 bridgehead atoms. The van der Waals surface area contributed by atoms with Gasteiger partial charge in [-0.2, -0.15) is 0 Å². The van der Waals surface area contributed by atoms with E-state index < -0.39 is 0 Å². The number of aromatic nitrogens is 4. The molecule has 0 radical (unpaired) electrons. The van der Waals surface area contributed by atoms with Crippen LogP contribution in [0.4, 0.5) is 4.39 Å². The molecule has 216 valence electrons. The number of ether oxygens (including phenoxy) is 1. The van der Waals surface area contributed by atoms with Crippen molar-refractivity contribution in [3.8, 4) is 11.4 Å². The van der Waals surface area contributed by atoms with Crippen molar-refractivity contribution in [3.63, 3.8) is 0 Å². The fourth-order valence-corrected chi connectivity index (χ4v) is 5.08. The molecule has 43 heavy (non-hydrogen) atoms. The molecule has 6 rings (SSSR count). The van der Waals surface area contributed by atoms with Crippen LogP contribution in [0.2, 0.25) is 0 Å². The topological polar surface area (TPSA) is 93.9 Å². The number of hydrogen-bond acceptors (Lipinski definition) is 5. The largest absolute Gasteiger partial charge is 0.489 e. The summed E-state index contributed by atoms with van der Waals surface area (Å²) in [7, 11) is 0. The average molecular weight is 576 g/mol. The van der Waals surface area contributed by atoms with Crippen molar-refractivity contribution in [1.29, 1.82) is 0 Å². The molecular weight excluding hydrogens is 545 g/mol. The van der Waals surface area contributed by atoms with Crippen molar-refractivity contribution >= 4 is 10.9 Å². The van der Waals surface area contributed by atoms with Crippen LogP contribution in [0.1, 0.15) is 22.4 Å². The molecule has 0 saturated carbocycles. The van der Waals surface area contributed by atoms with Crippen LogP contribution in [0.25, 0.3) is 16.6 Å². The van der Waals surface area contributed by atoms with Gasteiger partial charge in [0.25, 0.3) is 11.1 Å². The quantitative estimate of drug-likeness (QED) is 0.213. The van der Waals surface area contributed by atoms with E-state index in [1.54, 1.807) is 35.2 Å². The highest BCUT2D eigenvalue weighted by Gasteiger charge is 2.18. The van der Waals surface area contributed by atoms with E-state index in [9.17, 15) is 14.0 Å². The van der Waals surface area contributed by atoms with E-state index in [0.717, 1.165) is 16.7 Å². The predicted molar refractivity (Wildman–Crippen MR) is 164 cm³/mol. The fraction of sp³-hybridized carbons (Fsp3) is 0.147. The molecule has 0 spiro atoms. The minimum atomic E-state index is -0.281. The summed E-state index contributed by atoms with van der Waals surface area (Å²) in [6.07, 6.45) is 3.97. The second-order valence-electron chi connectivity index (χ2n) is 10.2. The number of hydrogen-bond donors (Lipinski definition) is 2. The maximum atomic E-state index is 13.9. The average Bonchev–Trinajstić information content (AvgIpc) is 3.36. The van der Waals surface area contributed by atoms with Crippen LogP contribution in [-0.4, -0.2) is 25.9 Å². The van der Waals surface area contributed by atoms with Crippen LogP contribution in [0.3, 0.4) is 0 Å². The summed E-state index contributed by atoms with van der Waals surface area (Å²) in [6, 6.07) is 28.7. The normalized spacial score (nSPS) is 11.2. The van der Waals surface area contributed by atoms with Gasteiger partial charge in [0.2, 0.25) is 0 Å². The molecule has 6 aromatic rings. The lowest BCUT2D eigenvalue weighted by molar-refractivity contribution is 0.306. The van der Waals surface area contributed by atoms with E-state index in [1.807, 2.05) is 60.7 Å². The Kier molecular flexibility index (Phi) is 8.24. The molecule has 0 amide bonds. The van der Waals surface area contributed by atoms with E-state index >= 15 is 0 Å². The Labute approximate surface area is 247 Å². The lowest BCUT2D eigenvalue weighted by Crippen LogP contribution is -2.29. The van der Waals surface area contributed by atoms with E-state index in [-0.39, 0.29) is 30.0 Å². The van der Waals surface area contributed by atoms with Crippen LogP contribution >= 0.6 is 0 Å². The van der Waals surface area contributed by atoms with Gasteiger partial charge in [-0.05, 0) is 72.1 Å². The van der Waals surface area contributed by atoms with Gasteiger partial charge < -0.3 is 14.6 Å². The molecule has 2 N–H and O–H groups in total. The first-order valence-electron chi connectivity index (χ1n) is 14.0. The third-order valence-corrected chi connectivity index (χ3v) is 7.25. The first-order chi connectivity index (χ1) is 21.0. The molecule has 0 aliphatic rings. The Morgan fingerprint density at radius 2 is 1.65 bits per heavy atom. The van der Waals surface area contributed by atoms with Gasteiger partial charge in [-0.25, -0.2) is 9.07 Å². The van der Waals surface area contributed by atoms with Crippen molar-refractivity contribution in [1.82, 2.24) is 24.6 Å². The summed E-state index contributed by atoms with van der Waals surface area (Å²) in [6.45, 7) is 1.50. The minimum Gasteiger partial charge on any atom is -0.489 e. The number of benzene rings is 3. The number of nitrogens with zero attached hydrogens (tertiary/aromatic N) is 3. The molecule has 0 aliphatic heterocycles. The smallest absolute Gasteiger partial charge is 0.280 e. The van der Waals surface area contributed by atoms with Crippen LogP contribution in [0.15, 0.2) is 119 Å². The molecule has 3 aromatic heterocycles. The zero-order valence-corrected chi connectivity index (χ0v) is 23.4. The van der Waals surface area contributed by atoms with E-state index in [1.165, 1.54) is 22.9 Å². The third kappa shape index (κ3) is 6.47. The number of rotatable bonds is 11. The first-order valence-corrected chi connectivity index (χ1v) is 14.0. The minimum absolute atomic E-state index is 0.239. The van der Waals surface area contributed by atoms with Crippen molar-refractivity contribution in [2.24, 2.45) is 0 Å². The van der Waals surface area contributed by atoms with Gasteiger partial charge in [-0.15, -0.1) is 0 Å². The second-order valence-corrected chi connectivity index (χ2v) is 10.2. The molecule has 9 heteroatoms. The van der Waals surface area contributed by atoms with E-state index in [2.05, 4.69) is 15.4 Å². The SMILES string of the molecule is O=c1c2c(CNCCc3cccc(F)c3)n(Cc3cccnc3)c(=O)cc2[nH]n1-c1ccc(OCc2ccccc2)cc1. The van der Waals surface area contributed by atoms with Crippen molar-refractivity contribution in [2.75, 3.05) is 6.54 Å². The Bertz CT molecular complexity index is 1950. The molecular formula is C34H30FN5O3. The summed E-state index contributed by atoms with van der Waals surface area (Å²) in [5, 5.41) is 6.89. The highest BCUT2D eigenvalue weighted by Crippen LogP contribution is 2.19. The highest BCUT2D eigenvalue weighted by atomic mass is 19.1. The predicted octanol–water partition coefficient (Wildman–Crippen LogP) is 4.97. The molecule has 0 unspecified atom stereocenters. The zero-order chi connectivity index (χ0) is 29.6. The van der Waals surface area contributed by atoms with Crippen molar-refractivity contribution in [2.45, 2.75) is 26.1 Å². The molecule has 0 fully saturated rings. The molecule has 0 saturated heterocycles. The zero-order valence-electron chi connectivity index (χ0n) is 23.4. The van der Waals surface area contributed by atoms with E-state index in [0.29, 0.717) is 47.6 Å². The van der Waals surface area contributed by atoms with Crippen LogP contribution < -0.4 is 21.2 Å². The third-order valence-electron chi connectivity index (χ3n) is 7.25. The Morgan fingerprint density at radius 1 is 0.860 bits per heavy atom. The number of halogens is 1. The summed E-state index contributed by atoms with van der Waals surface area (Å²) in [4.78, 5) is 31.4. The van der Waals surface area contributed by atoms with Crippen molar-refractivity contribution < 1.29 is 9.13 Å². The van der Waals surface area contributed by atoms with Crippen LogP contribution in [-0.2, 0) is 26.1 Å². The summed E-state index contributed by atoms with van der Waals surface area (Å²) in [5.74, 6) is 0.396. The summed E-state index contributed by atoms with van der Waals surface area (Å²) < 4.78 is 22.6. The summed E-state index contributed by atoms with van der Waals surface area (Å²) in [5.41, 5.74) is 3.88. The maximum absolute atomic E-state index is 13.9. The first kappa shape index (κ1) is 27.9. The van der Waals surface area contributed by atoms with Gasteiger partial charge in [0, 0.05) is 25.0 Å². The number of pyridine rings is 2. The van der Waals surface area contributed by atoms with E-state index in [4.69, 9.17) is 4.74 Å². The van der Waals surface area contributed by atoms with Crippen molar-refractivity contribution in [3.05, 3.63) is 158 Å². The fourth-order valence-electron chi connectivity index (χ4n) is 5.08. The highest BCUT2D eigenvalue weighted by molar-refractivity contribution is 5.81. The lowest BCUT2D eigenvalue weighted by atomic mass is 10.1. The van der Waals surface area contributed by atoms with Gasteiger partial charge in [-0.3, -0.25) is 19.7 Å².